The molecule has 2 aliphatic rings. The van der Waals surface area contributed by atoms with Gasteiger partial charge in [-0.25, -0.2) is 0 Å². The van der Waals surface area contributed by atoms with E-state index in [0.29, 0.717) is 6.61 Å². The number of rotatable bonds is 3. The molecule has 1 saturated carbocycles. The molecule has 0 aromatic heterocycles. The van der Waals surface area contributed by atoms with Crippen LogP contribution >= 0.6 is 0 Å². The Labute approximate surface area is 109 Å². The molecule has 1 aromatic rings. The number of aryl methyl sites for hydroxylation is 3. The third kappa shape index (κ3) is 1.42. The van der Waals surface area contributed by atoms with Gasteiger partial charge in [0, 0.05) is 12.0 Å². The quantitative estimate of drug-likeness (QED) is 0.888. The zero-order chi connectivity index (χ0) is 13.0. The molecule has 0 radical (unpaired) electrons. The summed E-state index contributed by atoms with van der Waals surface area (Å²) in [7, 11) is 0. The largest absolute Gasteiger partial charge is 0.396 e. The fourth-order valence-corrected chi connectivity index (χ4v) is 3.47. The second-order valence-electron chi connectivity index (χ2n) is 6.26. The topological polar surface area (TPSA) is 29.5 Å². The van der Waals surface area contributed by atoms with E-state index in [2.05, 4.69) is 32.9 Å². The van der Waals surface area contributed by atoms with Crippen LogP contribution in [0.15, 0.2) is 12.1 Å². The maximum Gasteiger partial charge on any atom is 0.0592 e. The van der Waals surface area contributed by atoms with E-state index < -0.39 is 0 Å². The van der Waals surface area contributed by atoms with Crippen molar-refractivity contribution in [3.05, 3.63) is 34.4 Å². The van der Waals surface area contributed by atoms with Crippen molar-refractivity contribution in [2.75, 3.05) is 19.8 Å². The van der Waals surface area contributed by atoms with Crippen molar-refractivity contribution < 1.29 is 9.84 Å². The minimum absolute atomic E-state index is 0.0737. The van der Waals surface area contributed by atoms with Gasteiger partial charge in [-0.1, -0.05) is 12.1 Å². The highest BCUT2D eigenvalue weighted by Crippen LogP contribution is 2.62. The Bertz CT molecular complexity index is 482. The van der Waals surface area contributed by atoms with Crippen molar-refractivity contribution in [3.8, 4) is 0 Å². The number of hydrogen-bond acceptors (Lipinski definition) is 2. The SMILES string of the molecule is Cc1cc(C)c(C2(C3(CO)CC3)COC2)cc1C. The molecule has 0 bridgehead atoms. The molecule has 18 heavy (non-hydrogen) atoms. The van der Waals surface area contributed by atoms with Crippen LogP contribution in [0.1, 0.15) is 35.1 Å². The van der Waals surface area contributed by atoms with Crippen LogP contribution in [-0.4, -0.2) is 24.9 Å². The third-order valence-electron chi connectivity index (χ3n) is 5.22. The maximum absolute atomic E-state index is 9.78. The van der Waals surface area contributed by atoms with Crippen LogP contribution in [0.3, 0.4) is 0 Å². The fourth-order valence-electron chi connectivity index (χ4n) is 3.47. The van der Waals surface area contributed by atoms with Crippen molar-refractivity contribution in [1.29, 1.82) is 0 Å². The average molecular weight is 246 g/mol. The summed E-state index contributed by atoms with van der Waals surface area (Å²) in [5.74, 6) is 0. The number of ether oxygens (including phenoxy) is 1. The van der Waals surface area contributed by atoms with Crippen LogP contribution in [0.2, 0.25) is 0 Å². The lowest BCUT2D eigenvalue weighted by Gasteiger charge is -2.49. The van der Waals surface area contributed by atoms with E-state index >= 15 is 0 Å². The van der Waals surface area contributed by atoms with E-state index in [1.54, 1.807) is 0 Å². The predicted octanol–water partition coefficient (Wildman–Crippen LogP) is 2.65. The first-order valence-corrected chi connectivity index (χ1v) is 6.82. The van der Waals surface area contributed by atoms with E-state index in [-0.39, 0.29) is 10.8 Å². The first kappa shape index (κ1) is 12.2. The Hall–Kier alpha value is -0.860. The van der Waals surface area contributed by atoms with Gasteiger partial charge in [-0.05, 0) is 55.9 Å². The highest BCUT2D eigenvalue weighted by Gasteiger charge is 2.63. The summed E-state index contributed by atoms with van der Waals surface area (Å²) in [6, 6.07) is 4.60. The van der Waals surface area contributed by atoms with Crippen molar-refractivity contribution in [1.82, 2.24) is 0 Å². The standard InChI is InChI=1S/C16H22O2/c1-11-6-13(3)14(7-12(11)2)16(9-18-10-16)15(8-17)4-5-15/h6-7,17H,4-5,8-10H2,1-3H3. The Morgan fingerprint density at radius 2 is 1.67 bits per heavy atom. The number of aliphatic hydroxyl groups excluding tert-OH is 1. The number of benzene rings is 1. The second kappa shape index (κ2) is 3.82. The van der Waals surface area contributed by atoms with E-state index in [9.17, 15) is 5.11 Å². The van der Waals surface area contributed by atoms with Crippen molar-refractivity contribution in [3.63, 3.8) is 0 Å². The lowest BCUT2D eigenvalue weighted by atomic mass is 9.65. The third-order valence-corrected chi connectivity index (χ3v) is 5.22. The highest BCUT2D eigenvalue weighted by molar-refractivity contribution is 5.45. The lowest BCUT2D eigenvalue weighted by molar-refractivity contribution is -0.110. The minimum atomic E-state index is 0.0737. The van der Waals surface area contributed by atoms with Crippen LogP contribution in [0, 0.1) is 26.2 Å². The first-order valence-electron chi connectivity index (χ1n) is 6.82. The molecule has 1 aliphatic carbocycles. The first-order chi connectivity index (χ1) is 8.55. The summed E-state index contributed by atoms with van der Waals surface area (Å²) in [5, 5.41) is 9.78. The van der Waals surface area contributed by atoms with Crippen LogP contribution in [0.4, 0.5) is 0 Å². The molecule has 0 atom stereocenters. The Morgan fingerprint density at radius 3 is 2.11 bits per heavy atom. The summed E-state index contributed by atoms with van der Waals surface area (Å²) in [5.41, 5.74) is 5.61. The Kier molecular flexibility index (Phi) is 2.58. The zero-order valence-corrected chi connectivity index (χ0v) is 11.5. The van der Waals surface area contributed by atoms with Gasteiger partial charge in [0.2, 0.25) is 0 Å². The molecule has 98 valence electrons. The summed E-state index contributed by atoms with van der Waals surface area (Å²) in [6.45, 7) is 8.37. The van der Waals surface area contributed by atoms with E-state index in [1.165, 1.54) is 22.3 Å². The molecule has 0 amide bonds. The molecule has 2 nitrogen and oxygen atoms in total. The van der Waals surface area contributed by atoms with Crippen LogP contribution in [-0.2, 0) is 10.2 Å². The van der Waals surface area contributed by atoms with Gasteiger partial charge in [-0.3, -0.25) is 0 Å². The molecule has 3 rings (SSSR count). The number of hydrogen-bond donors (Lipinski definition) is 1. The van der Waals surface area contributed by atoms with Crippen molar-refractivity contribution in [2.24, 2.45) is 5.41 Å². The van der Waals surface area contributed by atoms with Gasteiger partial charge < -0.3 is 9.84 Å². The van der Waals surface area contributed by atoms with E-state index in [1.807, 2.05) is 0 Å². The van der Waals surface area contributed by atoms with E-state index in [4.69, 9.17) is 4.74 Å². The smallest absolute Gasteiger partial charge is 0.0592 e. The normalized spacial score (nSPS) is 23.6. The Morgan fingerprint density at radius 1 is 1.06 bits per heavy atom. The molecule has 1 aromatic carbocycles. The maximum atomic E-state index is 9.78. The van der Waals surface area contributed by atoms with Gasteiger partial charge in [0.05, 0.1) is 18.6 Å². The van der Waals surface area contributed by atoms with Crippen LogP contribution in [0.5, 0.6) is 0 Å². The molecule has 2 fully saturated rings. The monoisotopic (exact) mass is 246 g/mol. The second-order valence-corrected chi connectivity index (χ2v) is 6.26. The Balaban J connectivity index is 2.10. The number of aliphatic hydroxyl groups is 1. The molecule has 1 aliphatic heterocycles. The summed E-state index contributed by atoms with van der Waals surface area (Å²) >= 11 is 0. The van der Waals surface area contributed by atoms with Gasteiger partial charge in [0.15, 0.2) is 0 Å². The summed E-state index contributed by atoms with van der Waals surface area (Å²) in [6.07, 6.45) is 2.28. The van der Waals surface area contributed by atoms with Gasteiger partial charge >= 0.3 is 0 Å². The van der Waals surface area contributed by atoms with Gasteiger partial charge in [-0.15, -0.1) is 0 Å². The molecule has 1 heterocycles. The van der Waals surface area contributed by atoms with Gasteiger partial charge in [-0.2, -0.15) is 0 Å². The minimum Gasteiger partial charge on any atom is -0.396 e. The molecule has 1 N–H and O–H groups in total. The van der Waals surface area contributed by atoms with Crippen LogP contribution < -0.4 is 0 Å². The molecular weight excluding hydrogens is 224 g/mol. The molecular formula is C16H22O2. The zero-order valence-electron chi connectivity index (χ0n) is 11.5. The van der Waals surface area contributed by atoms with Gasteiger partial charge in [0.1, 0.15) is 0 Å². The van der Waals surface area contributed by atoms with Gasteiger partial charge in [0.25, 0.3) is 0 Å². The highest BCUT2D eigenvalue weighted by atomic mass is 16.5. The molecule has 1 saturated heterocycles. The summed E-state index contributed by atoms with van der Waals surface area (Å²) < 4.78 is 5.53. The van der Waals surface area contributed by atoms with Crippen molar-refractivity contribution >= 4 is 0 Å². The van der Waals surface area contributed by atoms with E-state index in [0.717, 1.165) is 26.1 Å². The lowest BCUT2D eigenvalue weighted by Crippen LogP contribution is -2.55. The predicted molar refractivity (Wildman–Crippen MR) is 71.9 cm³/mol. The van der Waals surface area contributed by atoms with Crippen molar-refractivity contribution in [2.45, 2.75) is 39.0 Å². The summed E-state index contributed by atoms with van der Waals surface area (Å²) in [4.78, 5) is 0. The molecule has 0 spiro atoms. The fraction of sp³-hybridized carbons (Fsp3) is 0.625. The average Bonchev–Trinajstić information content (AvgIpc) is 3.05. The molecule has 2 heteroatoms. The van der Waals surface area contributed by atoms with Crippen LogP contribution in [0.25, 0.3) is 0 Å². The molecule has 0 unspecified atom stereocenters.